The molecule has 2 aromatic rings. The fourth-order valence-corrected chi connectivity index (χ4v) is 3.15. The summed E-state index contributed by atoms with van der Waals surface area (Å²) < 4.78 is 42.2. The lowest BCUT2D eigenvalue weighted by Crippen LogP contribution is -2.33. The molecule has 1 saturated carbocycles. The Morgan fingerprint density at radius 3 is 2.58 bits per heavy atom. The molecule has 0 bridgehead atoms. The average Bonchev–Trinajstić information content (AvgIpc) is 3.44. The van der Waals surface area contributed by atoms with E-state index in [1.807, 2.05) is 0 Å². The van der Waals surface area contributed by atoms with Gasteiger partial charge in [0, 0.05) is 12.6 Å². The van der Waals surface area contributed by atoms with Gasteiger partial charge in [0.1, 0.15) is 11.6 Å². The number of hydrogen-bond acceptors (Lipinski definition) is 4. The molecule has 138 valence electrons. The lowest BCUT2D eigenvalue weighted by molar-refractivity contribution is 0.0725. The van der Waals surface area contributed by atoms with Crippen molar-refractivity contribution in [3.8, 4) is 5.75 Å². The second-order valence-corrected chi connectivity index (χ2v) is 8.08. The summed E-state index contributed by atoms with van der Waals surface area (Å²) >= 11 is 0. The summed E-state index contributed by atoms with van der Waals surface area (Å²) in [5.74, 6) is -0.831. The molecule has 3 rings (SSSR count). The summed E-state index contributed by atoms with van der Waals surface area (Å²) in [6.07, 6.45) is 1.75. The minimum atomic E-state index is -3.62. The van der Waals surface area contributed by atoms with Crippen LogP contribution in [0.25, 0.3) is 0 Å². The number of nitrogens with zero attached hydrogens (tertiary/aromatic N) is 1. The maximum atomic E-state index is 14.0. The Balaban J connectivity index is 1.81. The quantitative estimate of drug-likeness (QED) is 0.694. The van der Waals surface area contributed by atoms with Gasteiger partial charge in [0.25, 0.3) is 5.91 Å². The van der Waals surface area contributed by atoms with Gasteiger partial charge in [0.2, 0.25) is 0 Å². The number of rotatable bonds is 7. The molecular formula is C19H20FNO4S. The lowest BCUT2D eigenvalue weighted by atomic mass is 10.1. The van der Waals surface area contributed by atoms with Crippen molar-refractivity contribution < 1.29 is 21.8 Å². The molecule has 1 fully saturated rings. The first-order valence-electron chi connectivity index (χ1n) is 8.46. The van der Waals surface area contributed by atoms with Gasteiger partial charge < -0.3 is 9.08 Å². The normalized spacial score (nSPS) is 14.1. The number of hydrogen-bond donors (Lipinski definition) is 0. The van der Waals surface area contributed by atoms with E-state index in [9.17, 15) is 17.6 Å². The van der Waals surface area contributed by atoms with Crippen LogP contribution in [-0.2, 0) is 16.7 Å². The molecule has 5 nitrogen and oxygen atoms in total. The molecule has 0 N–H and O–H groups in total. The number of carbonyl (C=O) groups excluding carboxylic acids is 1. The van der Waals surface area contributed by atoms with Crippen molar-refractivity contribution in [1.29, 1.82) is 0 Å². The van der Waals surface area contributed by atoms with Gasteiger partial charge in [0.05, 0.1) is 11.3 Å². The van der Waals surface area contributed by atoms with Crippen molar-refractivity contribution in [2.24, 2.45) is 0 Å². The summed E-state index contributed by atoms with van der Waals surface area (Å²) in [5.41, 5.74) is 0.769. The molecule has 1 aliphatic rings. The number of amides is 1. The Bertz CT molecular complexity index is 909. The summed E-state index contributed by atoms with van der Waals surface area (Å²) in [7, 11) is -3.62. The Hall–Kier alpha value is -2.41. The highest BCUT2D eigenvalue weighted by Crippen LogP contribution is 2.31. The molecule has 0 aromatic heterocycles. The van der Waals surface area contributed by atoms with Crippen molar-refractivity contribution in [2.45, 2.75) is 32.4 Å². The highest BCUT2D eigenvalue weighted by molar-refractivity contribution is 7.87. The monoisotopic (exact) mass is 377 g/mol. The van der Waals surface area contributed by atoms with Crippen LogP contribution in [0.2, 0.25) is 0 Å². The predicted octanol–water partition coefficient (Wildman–Crippen LogP) is 3.36. The van der Waals surface area contributed by atoms with Crippen LogP contribution >= 0.6 is 0 Å². The molecule has 0 atom stereocenters. The topological polar surface area (TPSA) is 63.7 Å². The van der Waals surface area contributed by atoms with E-state index in [2.05, 4.69) is 0 Å². The van der Waals surface area contributed by atoms with Gasteiger partial charge in [-0.05, 0) is 49.6 Å². The van der Waals surface area contributed by atoms with E-state index >= 15 is 0 Å². The van der Waals surface area contributed by atoms with Crippen molar-refractivity contribution in [3.05, 3.63) is 65.5 Å². The third-order valence-corrected chi connectivity index (χ3v) is 5.33. The number of benzene rings is 2. The average molecular weight is 377 g/mol. The van der Waals surface area contributed by atoms with Crippen LogP contribution in [0.4, 0.5) is 4.39 Å². The molecule has 0 unspecified atom stereocenters. The molecule has 0 saturated heterocycles. The van der Waals surface area contributed by atoms with Crippen LogP contribution in [0.5, 0.6) is 5.75 Å². The van der Waals surface area contributed by atoms with Crippen molar-refractivity contribution in [2.75, 3.05) is 5.75 Å². The highest BCUT2D eigenvalue weighted by Gasteiger charge is 2.34. The minimum Gasteiger partial charge on any atom is -0.382 e. The third-order valence-electron chi connectivity index (χ3n) is 4.18. The van der Waals surface area contributed by atoms with E-state index in [0.29, 0.717) is 0 Å². The standard InChI is InChI=1S/C19H20FNO4S/c1-2-26(23,24)25-16-7-5-6-14(12-16)13-21(15-10-11-15)19(22)17-8-3-4-9-18(17)20/h3-9,12,15H,2,10-11,13H2,1H3. The molecule has 2 aromatic carbocycles. The fourth-order valence-electron chi connectivity index (χ4n) is 2.64. The first-order chi connectivity index (χ1) is 12.4. The van der Waals surface area contributed by atoms with Crippen molar-refractivity contribution >= 4 is 16.0 Å². The van der Waals surface area contributed by atoms with Crippen molar-refractivity contribution in [1.82, 2.24) is 4.90 Å². The summed E-state index contributed by atoms with van der Waals surface area (Å²) in [6.45, 7) is 1.77. The molecule has 26 heavy (non-hydrogen) atoms. The van der Waals surface area contributed by atoms with Crippen LogP contribution < -0.4 is 4.18 Å². The van der Waals surface area contributed by atoms with Gasteiger partial charge in [0.15, 0.2) is 0 Å². The largest absolute Gasteiger partial charge is 0.382 e. The third kappa shape index (κ3) is 4.40. The second-order valence-electron chi connectivity index (χ2n) is 6.22. The summed E-state index contributed by atoms with van der Waals surface area (Å²) in [4.78, 5) is 14.4. The zero-order valence-corrected chi connectivity index (χ0v) is 15.2. The van der Waals surface area contributed by atoms with E-state index in [1.54, 1.807) is 41.3 Å². The van der Waals surface area contributed by atoms with Crippen LogP contribution in [-0.4, -0.2) is 31.0 Å². The first-order valence-corrected chi connectivity index (χ1v) is 10.0. The van der Waals surface area contributed by atoms with Gasteiger partial charge in [-0.1, -0.05) is 24.3 Å². The maximum Gasteiger partial charge on any atom is 0.308 e. The Morgan fingerprint density at radius 1 is 1.19 bits per heavy atom. The molecule has 7 heteroatoms. The van der Waals surface area contributed by atoms with E-state index in [4.69, 9.17) is 4.18 Å². The zero-order chi connectivity index (χ0) is 18.7. The Morgan fingerprint density at radius 2 is 1.92 bits per heavy atom. The lowest BCUT2D eigenvalue weighted by Gasteiger charge is -2.23. The van der Waals surface area contributed by atoms with Crippen LogP contribution in [0.1, 0.15) is 35.7 Å². The van der Waals surface area contributed by atoms with Crippen LogP contribution in [0, 0.1) is 5.82 Å². The minimum absolute atomic E-state index is 0.0420. The predicted molar refractivity (Wildman–Crippen MR) is 95.8 cm³/mol. The molecule has 1 aliphatic carbocycles. The first kappa shape index (κ1) is 18.4. The van der Waals surface area contributed by atoms with Gasteiger partial charge in [-0.25, -0.2) is 4.39 Å². The summed E-state index contributed by atoms with van der Waals surface area (Å²) in [5, 5.41) is 0. The SMILES string of the molecule is CCS(=O)(=O)Oc1cccc(CN(C(=O)c2ccccc2F)C2CC2)c1. The fraction of sp³-hybridized carbons (Fsp3) is 0.316. The van der Waals surface area contributed by atoms with Gasteiger partial charge >= 0.3 is 10.1 Å². The maximum absolute atomic E-state index is 14.0. The zero-order valence-electron chi connectivity index (χ0n) is 14.4. The molecule has 0 radical (unpaired) electrons. The van der Waals surface area contributed by atoms with E-state index in [0.717, 1.165) is 18.4 Å². The van der Waals surface area contributed by atoms with E-state index in [1.165, 1.54) is 19.1 Å². The second kappa shape index (κ2) is 7.45. The van der Waals surface area contributed by atoms with Crippen LogP contribution in [0.15, 0.2) is 48.5 Å². The molecule has 1 amide bonds. The number of halogens is 1. The molecule has 0 spiro atoms. The van der Waals surface area contributed by atoms with Gasteiger partial charge in [-0.15, -0.1) is 0 Å². The number of carbonyl (C=O) groups is 1. The van der Waals surface area contributed by atoms with Gasteiger partial charge in [-0.3, -0.25) is 4.79 Å². The van der Waals surface area contributed by atoms with Crippen molar-refractivity contribution in [3.63, 3.8) is 0 Å². The van der Waals surface area contributed by atoms with Crippen LogP contribution in [0.3, 0.4) is 0 Å². The highest BCUT2D eigenvalue weighted by atomic mass is 32.2. The Kier molecular flexibility index (Phi) is 5.27. The van der Waals surface area contributed by atoms with Gasteiger partial charge in [-0.2, -0.15) is 8.42 Å². The molecule has 0 heterocycles. The Labute approximate surface area is 152 Å². The molecular weight excluding hydrogens is 357 g/mol. The van der Waals surface area contributed by atoms with E-state index < -0.39 is 15.9 Å². The molecule has 0 aliphatic heterocycles. The summed E-state index contributed by atoms with van der Waals surface area (Å²) in [6, 6.07) is 12.6. The van der Waals surface area contributed by atoms with E-state index in [-0.39, 0.29) is 35.6 Å². The smallest absolute Gasteiger partial charge is 0.308 e.